The maximum atomic E-state index is 12.6. The van der Waals surface area contributed by atoms with E-state index in [1.807, 2.05) is 19.9 Å². The van der Waals surface area contributed by atoms with Crippen LogP contribution >= 0.6 is 11.3 Å². The first-order valence-corrected chi connectivity index (χ1v) is 9.99. The zero-order chi connectivity index (χ0) is 22.5. The minimum Gasteiger partial charge on any atom is -0.457 e. The van der Waals surface area contributed by atoms with Crippen LogP contribution in [0.4, 0.5) is 10.7 Å². The second-order valence-electron chi connectivity index (χ2n) is 6.44. The number of furan rings is 1. The quantitative estimate of drug-likeness (QED) is 0.246. The minimum absolute atomic E-state index is 0.0364. The molecule has 1 amide bonds. The number of nitro benzene ring substituents is 1. The highest BCUT2D eigenvalue weighted by Gasteiger charge is 2.19. The highest BCUT2D eigenvalue weighted by atomic mass is 32.1. The normalized spacial score (nSPS) is 10.9. The van der Waals surface area contributed by atoms with Crippen molar-refractivity contribution in [2.24, 2.45) is 0 Å². The topological polar surface area (TPSA) is 133 Å². The predicted molar refractivity (Wildman–Crippen MR) is 116 cm³/mol. The number of hydrogen-bond donors (Lipinski definition) is 1. The zero-order valence-corrected chi connectivity index (χ0v) is 17.4. The molecule has 0 atom stereocenters. The van der Waals surface area contributed by atoms with Crippen LogP contribution in [0.1, 0.15) is 28.7 Å². The Morgan fingerprint density at radius 3 is 2.55 bits per heavy atom. The molecule has 0 aliphatic carbocycles. The molecule has 1 aromatic carbocycles. The maximum absolute atomic E-state index is 12.6. The van der Waals surface area contributed by atoms with Crippen LogP contribution < -0.4 is 5.32 Å². The molecule has 0 spiro atoms. The number of nitrogens with zero attached hydrogens (tertiary/aromatic N) is 3. The average Bonchev–Trinajstić information content (AvgIpc) is 3.35. The largest absolute Gasteiger partial charge is 0.457 e. The van der Waals surface area contributed by atoms with Crippen LogP contribution in [-0.4, -0.2) is 10.8 Å². The molecular weight excluding hydrogens is 416 g/mol. The first kappa shape index (κ1) is 21.5. The smallest absolute Gasteiger partial charge is 0.269 e. The van der Waals surface area contributed by atoms with Crippen molar-refractivity contribution in [1.29, 1.82) is 10.5 Å². The summed E-state index contributed by atoms with van der Waals surface area (Å²) in [4.78, 5) is 23.8. The molecule has 3 rings (SSSR count). The average molecular weight is 432 g/mol. The summed E-state index contributed by atoms with van der Waals surface area (Å²) in [6.07, 6.45) is 1.97. The number of carbonyl (C=O) groups is 1. The van der Waals surface area contributed by atoms with Gasteiger partial charge in [0.25, 0.3) is 11.6 Å². The number of benzene rings is 1. The minimum atomic E-state index is -0.642. The fourth-order valence-electron chi connectivity index (χ4n) is 3.01. The van der Waals surface area contributed by atoms with Crippen molar-refractivity contribution in [2.45, 2.75) is 20.3 Å². The third-order valence-corrected chi connectivity index (χ3v) is 5.61. The van der Waals surface area contributed by atoms with Gasteiger partial charge in [-0.3, -0.25) is 14.9 Å². The molecule has 31 heavy (non-hydrogen) atoms. The number of amides is 1. The molecule has 2 aromatic heterocycles. The van der Waals surface area contributed by atoms with E-state index in [2.05, 4.69) is 11.4 Å². The van der Waals surface area contributed by atoms with E-state index in [1.54, 1.807) is 24.3 Å². The highest BCUT2D eigenvalue weighted by Crippen LogP contribution is 2.33. The van der Waals surface area contributed by atoms with Crippen molar-refractivity contribution in [3.8, 4) is 23.5 Å². The Kier molecular flexibility index (Phi) is 6.29. The molecule has 8 nitrogen and oxygen atoms in total. The van der Waals surface area contributed by atoms with Crippen molar-refractivity contribution in [3.05, 3.63) is 73.8 Å². The van der Waals surface area contributed by atoms with Gasteiger partial charge in [-0.2, -0.15) is 10.5 Å². The molecule has 0 radical (unpaired) electrons. The fourth-order valence-corrected chi connectivity index (χ4v) is 4.10. The van der Waals surface area contributed by atoms with Crippen molar-refractivity contribution in [1.82, 2.24) is 0 Å². The van der Waals surface area contributed by atoms with Gasteiger partial charge in [-0.15, -0.1) is 11.3 Å². The number of nitrogens with one attached hydrogen (secondary N) is 1. The summed E-state index contributed by atoms with van der Waals surface area (Å²) in [5, 5.41) is 32.7. The van der Waals surface area contributed by atoms with E-state index in [1.165, 1.54) is 29.5 Å². The van der Waals surface area contributed by atoms with Crippen LogP contribution in [0.3, 0.4) is 0 Å². The SMILES string of the molecule is CCc1c(C)sc(NC(=O)C(C#N)=Cc2ccc(-c3ccc([N+](=O)[O-])cc3)o2)c1C#N. The summed E-state index contributed by atoms with van der Waals surface area (Å²) in [7, 11) is 0. The lowest BCUT2D eigenvalue weighted by Gasteiger charge is -2.02. The molecule has 0 aliphatic heterocycles. The summed E-state index contributed by atoms with van der Waals surface area (Å²) in [5.41, 5.74) is 1.69. The lowest BCUT2D eigenvalue weighted by Crippen LogP contribution is -2.13. The van der Waals surface area contributed by atoms with Crippen molar-refractivity contribution in [3.63, 3.8) is 0 Å². The van der Waals surface area contributed by atoms with Crippen LogP contribution in [0.15, 0.2) is 46.4 Å². The van der Waals surface area contributed by atoms with Gasteiger partial charge >= 0.3 is 0 Å². The van der Waals surface area contributed by atoms with E-state index >= 15 is 0 Å². The summed E-state index contributed by atoms with van der Waals surface area (Å²) in [6.45, 7) is 3.81. The maximum Gasteiger partial charge on any atom is 0.269 e. The Bertz CT molecular complexity index is 1270. The zero-order valence-electron chi connectivity index (χ0n) is 16.6. The number of aryl methyl sites for hydroxylation is 1. The second kappa shape index (κ2) is 9.08. The first-order valence-electron chi connectivity index (χ1n) is 9.18. The monoisotopic (exact) mass is 432 g/mol. The molecule has 9 heteroatoms. The summed E-state index contributed by atoms with van der Waals surface area (Å²) >= 11 is 1.29. The summed E-state index contributed by atoms with van der Waals surface area (Å²) < 4.78 is 5.66. The Morgan fingerprint density at radius 1 is 1.26 bits per heavy atom. The summed E-state index contributed by atoms with van der Waals surface area (Å²) in [5.74, 6) is 0.0698. The van der Waals surface area contributed by atoms with Gasteiger partial charge in [0, 0.05) is 28.6 Å². The van der Waals surface area contributed by atoms with Crippen LogP contribution in [-0.2, 0) is 11.2 Å². The first-order chi connectivity index (χ1) is 14.9. The third-order valence-electron chi connectivity index (χ3n) is 4.54. The van der Waals surface area contributed by atoms with Crippen LogP contribution in [0.5, 0.6) is 0 Å². The molecule has 0 saturated heterocycles. The molecule has 1 N–H and O–H groups in total. The molecule has 0 saturated carbocycles. The Morgan fingerprint density at radius 2 is 1.97 bits per heavy atom. The third kappa shape index (κ3) is 4.53. The van der Waals surface area contributed by atoms with Gasteiger partial charge in [0.05, 0.1) is 10.5 Å². The molecule has 0 bridgehead atoms. The lowest BCUT2D eigenvalue weighted by atomic mass is 10.1. The van der Waals surface area contributed by atoms with Crippen LogP contribution in [0.25, 0.3) is 17.4 Å². The van der Waals surface area contributed by atoms with Crippen molar-refractivity contribution < 1.29 is 14.1 Å². The van der Waals surface area contributed by atoms with E-state index in [0.29, 0.717) is 28.3 Å². The molecule has 0 aliphatic rings. The Balaban J connectivity index is 1.83. The number of non-ortho nitro benzene ring substituents is 1. The van der Waals surface area contributed by atoms with E-state index in [9.17, 15) is 25.4 Å². The standard InChI is InChI=1S/C22H16N4O4S/c1-3-18-13(2)31-22(19(18)12-24)25-21(27)15(11-23)10-17-8-9-20(30-17)14-4-6-16(7-5-14)26(28)29/h4-10H,3H2,1-2H3,(H,25,27). The number of nitriles is 2. The lowest BCUT2D eigenvalue weighted by molar-refractivity contribution is -0.384. The molecule has 2 heterocycles. The second-order valence-corrected chi connectivity index (χ2v) is 7.66. The Labute approximate surface area is 181 Å². The number of carbonyl (C=O) groups excluding carboxylic acids is 1. The predicted octanol–water partition coefficient (Wildman–Crippen LogP) is 5.20. The van der Waals surface area contributed by atoms with E-state index in [0.717, 1.165) is 10.4 Å². The van der Waals surface area contributed by atoms with Gasteiger partial charge in [-0.1, -0.05) is 6.92 Å². The van der Waals surface area contributed by atoms with Crippen molar-refractivity contribution in [2.75, 3.05) is 5.32 Å². The van der Waals surface area contributed by atoms with Gasteiger partial charge in [-0.25, -0.2) is 0 Å². The number of nitro groups is 1. The van der Waals surface area contributed by atoms with Crippen LogP contribution in [0.2, 0.25) is 0 Å². The number of rotatable bonds is 6. The highest BCUT2D eigenvalue weighted by molar-refractivity contribution is 7.16. The van der Waals surface area contributed by atoms with E-state index in [-0.39, 0.29) is 17.0 Å². The number of anilines is 1. The molecule has 154 valence electrons. The van der Waals surface area contributed by atoms with E-state index < -0.39 is 10.8 Å². The molecular formula is C22H16N4O4S. The van der Waals surface area contributed by atoms with Gasteiger partial charge in [0.2, 0.25) is 0 Å². The fraction of sp³-hybridized carbons (Fsp3) is 0.136. The van der Waals surface area contributed by atoms with E-state index in [4.69, 9.17) is 4.42 Å². The molecule has 0 unspecified atom stereocenters. The number of thiophene rings is 1. The Hall–Kier alpha value is -4.21. The van der Waals surface area contributed by atoms with Gasteiger partial charge in [0.15, 0.2) is 0 Å². The van der Waals surface area contributed by atoms with Gasteiger partial charge < -0.3 is 9.73 Å². The number of hydrogen-bond acceptors (Lipinski definition) is 7. The molecule has 0 fully saturated rings. The van der Waals surface area contributed by atoms with Gasteiger partial charge in [-0.05, 0) is 43.2 Å². The van der Waals surface area contributed by atoms with Crippen molar-refractivity contribution >= 4 is 34.0 Å². The van der Waals surface area contributed by atoms with Gasteiger partial charge in [0.1, 0.15) is 34.2 Å². The summed E-state index contributed by atoms with van der Waals surface area (Å²) in [6, 6.07) is 13.0. The molecule has 3 aromatic rings. The van der Waals surface area contributed by atoms with Crippen LogP contribution in [0, 0.1) is 39.7 Å².